The molecule has 0 aliphatic rings. The van der Waals surface area contributed by atoms with Crippen molar-refractivity contribution in [3.8, 4) is 0 Å². The van der Waals surface area contributed by atoms with Crippen LogP contribution in [-0.4, -0.2) is 16.5 Å². The lowest BCUT2D eigenvalue weighted by Crippen LogP contribution is -2.31. The van der Waals surface area contributed by atoms with Crippen LogP contribution < -0.4 is 0 Å². The Hall–Kier alpha value is -0.860. The Kier molecular flexibility index (Phi) is 7.58. The maximum Gasteiger partial charge on any atom is 0.193 e. The summed E-state index contributed by atoms with van der Waals surface area (Å²) in [6.07, 6.45) is 6.17. The SMILES string of the molecule is CCCCCCC(C)c1ccc(C(=O)C(C)(C)O)cc1CCl. The quantitative estimate of drug-likeness (QED) is 0.372. The first kappa shape index (κ1) is 19.2. The molecule has 22 heavy (non-hydrogen) atoms. The molecular formula is C19H29ClO2. The molecule has 3 heteroatoms. The van der Waals surface area contributed by atoms with Crippen LogP contribution in [0, 0.1) is 0 Å². The second-order valence-corrected chi connectivity index (χ2v) is 6.95. The third kappa shape index (κ3) is 5.40. The van der Waals surface area contributed by atoms with Crippen molar-refractivity contribution < 1.29 is 9.90 Å². The highest BCUT2D eigenvalue weighted by Crippen LogP contribution is 2.28. The molecule has 1 unspecified atom stereocenters. The van der Waals surface area contributed by atoms with Gasteiger partial charge < -0.3 is 5.11 Å². The van der Waals surface area contributed by atoms with Gasteiger partial charge in [0.1, 0.15) is 5.60 Å². The molecule has 0 fully saturated rings. The molecule has 0 spiro atoms. The number of alkyl halides is 1. The predicted molar refractivity (Wildman–Crippen MR) is 93.8 cm³/mol. The Balaban J connectivity index is 2.87. The lowest BCUT2D eigenvalue weighted by Gasteiger charge is -2.19. The summed E-state index contributed by atoms with van der Waals surface area (Å²) < 4.78 is 0. The molecule has 1 aromatic rings. The van der Waals surface area contributed by atoms with E-state index >= 15 is 0 Å². The van der Waals surface area contributed by atoms with Gasteiger partial charge in [0.05, 0.1) is 0 Å². The van der Waals surface area contributed by atoms with Crippen LogP contribution in [0.15, 0.2) is 18.2 Å². The van der Waals surface area contributed by atoms with Crippen LogP contribution in [0.5, 0.6) is 0 Å². The van der Waals surface area contributed by atoms with E-state index in [1.807, 2.05) is 18.2 Å². The minimum absolute atomic E-state index is 0.263. The zero-order chi connectivity index (χ0) is 16.8. The Morgan fingerprint density at radius 3 is 2.50 bits per heavy atom. The monoisotopic (exact) mass is 324 g/mol. The Morgan fingerprint density at radius 2 is 1.95 bits per heavy atom. The second-order valence-electron chi connectivity index (χ2n) is 6.69. The molecule has 2 nitrogen and oxygen atoms in total. The van der Waals surface area contributed by atoms with E-state index in [-0.39, 0.29) is 5.78 Å². The molecule has 1 rings (SSSR count). The van der Waals surface area contributed by atoms with E-state index in [0.717, 1.165) is 12.0 Å². The van der Waals surface area contributed by atoms with Crippen LogP contribution >= 0.6 is 11.6 Å². The van der Waals surface area contributed by atoms with Gasteiger partial charge in [-0.05, 0) is 43.4 Å². The molecular weight excluding hydrogens is 296 g/mol. The highest BCUT2D eigenvalue weighted by molar-refractivity contribution is 6.17. The Morgan fingerprint density at radius 1 is 1.27 bits per heavy atom. The van der Waals surface area contributed by atoms with Crippen molar-refractivity contribution in [3.63, 3.8) is 0 Å². The number of benzene rings is 1. The lowest BCUT2D eigenvalue weighted by molar-refractivity contribution is 0.0488. The van der Waals surface area contributed by atoms with E-state index in [0.29, 0.717) is 17.4 Å². The molecule has 124 valence electrons. The van der Waals surface area contributed by atoms with Crippen LogP contribution in [0.2, 0.25) is 0 Å². The fourth-order valence-electron chi connectivity index (χ4n) is 2.73. The van der Waals surface area contributed by atoms with Crippen molar-refractivity contribution in [1.82, 2.24) is 0 Å². The van der Waals surface area contributed by atoms with Crippen LogP contribution in [0.1, 0.15) is 87.2 Å². The van der Waals surface area contributed by atoms with Crippen LogP contribution in [0.4, 0.5) is 0 Å². The minimum Gasteiger partial charge on any atom is -0.382 e. The number of ketones is 1. The van der Waals surface area contributed by atoms with E-state index < -0.39 is 5.60 Å². The van der Waals surface area contributed by atoms with Gasteiger partial charge in [0.2, 0.25) is 0 Å². The van der Waals surface area contributed by atoms with Crippen LogP contribution in [0.3, 0.4) is 0 Å². The van der Waals surface area contributed by atoms with E-state index in [1.54, 1.807) is 0 Å². The fraction of sp³-hybridized carbons (Fsp3) is 0.632. The van der Waals surface area contributed by atoms with Crippen molar-refractivity contribution >= 4 is 17.4 Å². The van der Waals surface area contributed by atoms with Gasteiger partial charge in [-0.1, -0.05) is 51.7 Å². The topological polar surface area (TPSA) is 37.3 Å². The largest absolute Gasteiger partial charge is 0.382 e. The van der Waals surface area contributed by atoms with E-state index in [4.69, 9.17) is 11.6 Å². The molecule has 0 bridgehead atoms. The number of unbranched alkanes of at least 4 members (excludes halogenated alkanes) is 3. The number of hydrogen-bond donors (Lipinski definition) is 1. The average molecular weight is 325 g/mol. The summed E-state index contributed by atoms with van der Waals surface area (Å²) in [5, 5.41) is 9.87. The summed E-state index contributed by atoms with van der Waals surface area (Å²) in [6, 6.07) is 5.65. The smallest absolute Gasteiger partial charge is 0.193 e. The number of carbonyl (C=O) groups excluding carboxylic acids is 1. The normalized spacial score (nSPS) is 13.2. The molecule has 0 amide bonds. The first-order valence-electron chi connectivity index (χ1n) is 8.27. The number of aliphatic hydroxyl groups is 1. The van der Waals surface area contributed by atoms with Crippen molar-refractivity contribution in [2.24, 2.45) is 0 Å². The van der Waals surface area contributed by atoms with E-state index in [9.17, 15) is 9.90 Å². The van der Waals surface area contributed by atoms with Crippen LogP contribution in [0.25, 0.3) is 0 Å². The summed E-state index contributed by atoms with van der Waals surface area (Å²) in [5.41, 5.74) is 1.40. The molecule has 0 aromatic heterocycles. The van der Waals surface area contributed by atoms with E-state index in [1.165, 1.54) is 45.1 Å². The van der Waals surface area contributed by atoms with Gasteiger partial charge >= 0.3 is 0 Å². The van der Waals surface area contributed by atoms with Crippen LogP contribution in [-0.2, 0) is 5.88 Å². The van der Waals surface area contributed by atoms with Crippen molar-refractivity contribution in [2.45, 2.75) is 77.2 Å². The van der Waals surface area contributed by atoms with Crippen molar-refractivity contribution in [1.29, 1.82) is 0 Å². The second kappa shape index (κ2) is 8.69. The Labute approximate surface area is 139 Å². The molecule has 0 radical (unpaired) electrons. The summed E-state index contributed by atoms with van der Waals surface area (Å²) in [4.78, 5) is 12.2. The van der Waals surface area contributed by atoms with Gasteiger partial charge in [-0.3, -0.25) is 4.79 Å². The summed E-state index contributed by atoms with van der Waals surface area (Å²) in [6.45, 7) is 7.46. The van der Waals surface area contributed by atoms with Gasteiger partial charge in [-0.15, -0.1) is 11.6 Å². The van der Waals surface area contributed by atoms with Crippen molar-refractivity contribution in [3.05, 3.63) is 34.9 Å². The maximum absolute atomic E-state index is 12.2. The highest BCUT2D eigenvalue weighted by atomic mass is 35.5. The molecule has 0 saturated carbocycles. The molecule has 0 aliphatic carbocycles. The number of rotatable bonds is 9. The van der Waals surface area contributed by atoms with Gasteiger partial charge in [0.25, 0.3) is 0 Å². The zero-order valence-electron chi connectivity index (χ0n) is 14.3. The molecule has 0 heterocycles. The third-order valence-electron chi connectivity index (χ3n) is 4.13. The number of Topliss-reactive ketones (excluding diaryl/α,β-unsaturated/α-hetero) is 1. The first-order valence-corrected chi connectivity index (χ1v) is 8.80. The summed E-state index contributed by atoms with van der Waals surface area (Å²) in [7, 11) is 0. The lowest BCUT2D eigenvalue weighted by atomic mass is 9.88. The first-order chi connectivity index (χ1) is 10.3. The standard InChI is InChI=1S/C19H29ClO2/c1-5-6-7-8-9-14(2)17-11-10-15(12-16(17)13-20)18(21)19(3,4)22/h10-12,14,22H,5-9,13H2,1-4H3. The number of hydrogen-bond acceptors (Lipinski definition) is 2. The van der Waals surface area contributed by atoms with Gasteiger partial charge in [-0.25, -0.2) is 0 Å². The van der Waals surface area contributed by atoms with Gasteiger partial charge in [0, 0.05) is 11.4 Å². The Bertz CT molecular complexity index is 489. The van der Waals surface area contributed by atoms with Crippen molar-refractivity contribution in [2.75, 3.05) is 0 Å². The van der Waals surface area contributed by atoms with Gasteiger partial charge in [-0.2, -0.15) is 0 Å². The number of halogens is 1. The molecule has 1 atom stereocenters. The average Bonchev–Trinajstić information content (AvgIpc) is 2.49. The molecule has 0 aliphatic heterocycles. The summed E-state index contributed by atoms with van der Waals surface area (Å²) >= 11 is 6.08. The summed E-state index contributed by atoms with van der Waals surface area (Å²) in [5.74, 6) is 0.569. The number of carbonyl (C=O) groups is 1. The zero-order valence-corrected chi connectivity index (χ0v) is 15.0. The third-order valence-corrected chi connectivity index (χ3v) is 4.41. The minimum atomic E-state index is -1.35. The highest BCUT2D eigenvalue weighted by Gasteiger charge is 2.26. The molecule has 1 aromatic carbocycles. The molecule has 1 N–H and O–H groups in total. The predicted octanol–water partition coefficient (Wildman–Crippen LogP) is 5.45. The molecule has 0 saturated heterocycles. The van der Waals surface area contributed by atoms with Gasteiger partial charge in [0.15, 0.2) is 5.78 Å². The maximum atomic E-state index is 12.2. The van der Waals surface area contributed by atoms with E-state index in [2.05, 4.69) is 13.8 Å². The fourth-order valence-corrected chi connectivity index (χ4v) is 2.96.